The summed E-state index contributed by atoms with van der Waals surface area (Å²) in [5.41, 5.74) is -2.55. The molecule has 2 atom stereocenters. The van der Waals surface area contributed by atoms with Crippen LogP contribution in [0.25, 0.3) is 0 Å². The molecule has 0 aliphatic carbocycles. The standard InChI is InChI=1S/C14H27NO5/c1-9(2)7-10(11(17)14(6,19)8-16)15-12(18)20-13(3,4)5/h9-10,16,19H,7-8H2,1-6H3,(H,15,18). The Bertz CT molecular complexity index is 344. The van der Waals surface area contributed by atoms with E-state index in [1.54, 1.807) is 20.8 Å². The fraction of sp³-hybridized carbons (Fsp3) is 0.857. The molecule has 3 N–H and O–H groups in total. The molecule has 0 rings (SSSR count). The van der Waals surface area contributed by atoms with Gasteiger partial charge in [0.05, 0.1) is 12.6 Å². The minimum atomic E-state index is -1.88. The van der Waals surface area contributed by atoms with Crippen LogP contribution in [0.5, 0.6) is 0 Å². The predicted molar refractivity (Wildman–Crippen MR) is 75.3 cm³/mol. The minimum absolute atomic E-state index is 0.133. The molecule has 0 fully saturated rings. The second-order valence-corrected chi connectivity index (χ2v) is 6.62. The number of amides is 1. The maximum atomic E-state index is 12.2. The van der Waals surface area contributed by atoms with Gasteiger partial charge in [0.1, 0.15) is 11.2 Å². The zero-order valence-electron chi connectivity index (χ0n) is 13.2. The Morgan fingerprint density at radius 2 is 1.70 bits per heavy atom. The molecule has 0 heterocycles. The van der Waals surface area contributed by atoms with E-state index in [-0.39, 0.29) is 5.92 Å². The average molecular weight is 289 g/mol. The molecule has 6 nitrogen and oxygen atoms in total. The summed E-state index contributed by atoms with van der Waals surface area (Å²) >= 11 is 0. The van der Waals surface area contributed by atoms with Gasteiger partial charge in [-0.05, 0) is 40.0 Å². The molecule has 0 aromatic carbocycles. The molecule has 0 saturated carbocycles. The van der Waals surface area contributed by atoms with Crippen LogP contribution in [0.2, 0.25) is 0 Å². The van der Waals surface area contributed by atoms with Crippen molar-refractivity contribution in [2.75, 3.05) is 6.61 Å². The smallest absolute Gasteiger partial charge is 0.408 e. The van der Waals surface area contributed by atoms with Crippen molar-refractivity contribution in [1.29, 1.82) is 0 Å². The van der Waals surface area contributed by atoms with Crippen LogP contribution in [0.1, 0.15) is 48.0 Å². The molecule has 0 radical (unpaired) electrons. The molecule has 0 aliphatic heterocycles. The molecule has 6 heteroatoms. The van der Waals surface area contributed by atoms with E-state index in [1.807, 2.05) is 13.8 Å². The van der Waals surface area contributed by atoms with Crippen LogP contribution in [0.3, 0.4) is 0 Å². The van der Waals surface area contributed by atoms with Gasteiger partial charge in [0.15, 0.2) is 5.78 Å². The Hall–Kier alpha value is -1.14. The molecule has 0 saturated heterocycles. The van der Waals surface area contributed by atoms with Gasteiger partial charge in [-0.15, -0.1) is 0 Å². The molecule has 0 aromatic rings. The fourth-order valence-electron chi connectivity index (χ4n) is 1.61. The highest BCUT2D eigenvalue weighted by Gasteiger charge is 2.37. The first-order valence-electron chi connectivity index (χ1n) is 6.76. The van der Waals surface area contributed by atoms with Gasteiger partial charge in [-0.1, -0.05) is 13.8 Å². The third-order valence-electron chi connectivity index (χ3n) is 2.55. The Kier molecular flexibility index (Phi) is 6.64. The van der Waals surface area contributed by atoms with Gasteiger partial charge in [-0.25, -0.2) is 4.79 Å². The Labute approximate surface area is 120 Å². The number of Topliss-reactive ketones (excluding diaryl/α,β-unsaturated/α-hetero) is 1. The van der Waals surface area contributed by atoms with E-state index in [1.165, 1.54) is 6.92 Å². The highest BCUT2D eigenvalue weighted by Crippen LogP contribution is 2.15. The first-order chi connectivity index (χ1) is 8.89. The molecule has 20 heavy (non-hydrogen) atoms. The zero-order chi connectivity index (χ0) is 16.1. The van der Waals surface area contributed by atoms with E-state index >= 15 is 0 Å². The number of carbonyl (C=O) groups is 2. The van der Waals surface area contributed by atoms with Gasteiger partial charge in [0.2, 0.25) is 0 Å². The molecular formula is C14H27NO5. The zero-order valence-corrected chi connectivity index (χ0v) is 13.2. The number of hydrogen-bond acceptors (Lipinski definition) is 5. The summed E-state index contributed by atoms with van der Waals surface area (Å²) in [4.78, 5) is 23.9. The predicted octanol–water partition coefficient (Wildman–Crippen LogP) is 1.24. The normalized spacial score (nSPS) is 16.4. The van der Waals surface area contributed by atoms with Gasteiger partial charge in [-0.3, -0.25) is 4.79 Å². The van der Waals surface area contributed by atoms with Gasteiger partial charge in [-0.2, -0.15) is 0 Å². The van der Waals surface area contributed by atoms with E-state index in [2.05, 4.69) is 5.32 Å². The van der Waals surface area contributed by atoms with E-state index < -0.39 is 35.7 Å². The quantitative estimate of drug-likeness (QED) is 0.683. The van der Waals surface area contributed by atoms with Crippen LogP contribution < -0.4 is 5.32 Å². The average Bonchev–Trinajstić information content (AvgIpc) is 2.23. The van der Waals surface area contributed by atoms with Gasteiger partial charge < -0.3 is 20.3 Å². The monoisotopic (exact) mass is 289 g/mol. The number of ketones is 1. The number of hydrogen-bond donors (Lipinski definition) is 3. The number of nitrogens with one attached hydrogen (secondary N) is 1. The van der Waals surface area contributed by atoms with Crippen molar-refractivity contribution >= 4 is 11.9 Å². The fourth-order valence-corrected chi connectivity index (χ4v) is 1.61. The van der Waals surface area contributed by atoms with Crippen LogP contribution in [0, 0.1) is 5.92 Å². The van der Waals surface area contributed by atoms with Crippen LogP contribution in [-0.2, 0) is 9.53 Å². The summed E-state index contributed by atoms with van der Waals surface area (Å²) in [7, 11) is 0. The van der Waals surface area contributed by atoms with Gasteiger partial charge in [0.25, 0.3) is 0 Å². The highest BCUT2D eigenvalue weighted by atomic mass is 16.6. The SMILES string of the molecule is CC(C)CC(NC(=O)OC(C)(C)C)C(=O)C(C)(O)CO. The summed E-state index contributed by atoms with van der Waals surface area (Å²) in [5, 5.41) is 21.3. The Morgan fingerprint density at radius 1 is 1.20 bits per heavy atom. The van der Waals surface area contributed by atoms with Crippen LogP contribution in [0.4, 0.5) is 4.79 Å². The summed E-state index contributed by atoms with van der Waals surface area (Å²) < 4.78 is 5.10. The lowest BCUT2D eigenvalue weighted by molar-refractivity contribution is -0.142. The molecule has 118 valence electrons. The van der Waals surface area contributed by atoms with E-state index in [9.17, 15) is 14.7 Å². The highest BCUT2D eigenvalue weighted by molar-refractivity contribution is 5.93. The molecule has 2 unspecified atom stereocenters. The minimum Gasteiger partial charge on any atom is -0.444 e. The van der Waals surface area contributed by atoms with Crippen LogP contribution in [0.15, 0.2) is 0 Å². The van der Waals surface area contributed by atoms with E-state index in [0.717, 1.165) is 0 Å². The second-order valence-electron chi connectivity index (χ2n) is 6.62. The molecule has 0 bridgehead atoms. The van der Waals surface area contributed by atoms with Crippen LogP contribution >= 0.6 is 0 Å². The van der Waals surface area contributed by atoms with Crippen molar-refractivity contribution < 1.29 is 24.5 Å². The number of carbonyl (C=O) groups excluding carboxylic acids is 2. The van der Waals surface area contributed by atoms with Crippen molar-refractivity contribution in [3.8, 4) is 0 Å². The van der Waals surface area contributed by atoms with Crippen LogP contribution in [-0.4, -0.2) is 45.9 Å². The van der Waals surface area contributed by atoms with Gasteiger partial charge >= 0.3 is 6.09 Å². The van der Waals surface area contributed by atoms with Crippen molar-refractivity contribution in [3.05, 3.63) is 0 Å². The summed E-state index contributed by atoms with van der Waals surface area (Å²) in [6.45, 7) is 9.46. The third kappa shape index (κ3) is 6.86. The van der Waals surface area contributed by atoms with Gasteiger partial charge in [0, 0.05) is 0 Å². The summed E-state index contributed by atoms with van der Waals surface area (Å²) in [6, 6.07) is -0.896. The number of ether oxygens (including phenoxy) is 1. The summed E-state index contributed by atoms with van der Waals surface area (Å²) in [5.74, 6) is -0.493. The second kappa shape index (κ2) is 7.04. The first-order valence-corrected chi connectivity index (χ1v) is 6.76. The lowest BCUT2D eigenvalue weighted by atomic mass is 9.90. The van der Waals surface area contributed by atoms with Crippen molar-refractivity contribution in [2.45, 2.75) is 65.2 Å². The van der Waals surface area contributed by atoms with Crippen molar-refractivity contribution in [2.24, 2.45) is 5.92 Å². The number of rotatable bonds is 6. The number of aliphatic hydroxyl groups excluding tert-OH is 1. The third-order valence-corrected chi connectivity index (χ3v) is 2.55. The molecule has 0 aromatic heterocycles. The Morgan fingerprint density at radius 3 is 2.05 bits per heavy atom. The molecule has 0 aliphatic rings. The van der Waals surface area contributed by atoms with E-state index in [0.29, 0.717) is 6.42 Å². The lowest BCUT2D eigenvalue weighted by Gasteiger charge is -2.28. The topological polar surface area (TPSA) is 95.9 Å². The first kappa shape index (κ1) is 18.9. The number of alkyl carbamates (subject to hydrolysis) is 1. The van der Waals surface area contributed by atoms with Crippen molar-refractivity contribution in [3.63, 3.8) is 0 Å². The van der Waals surface area contributed by atoms with Crippen molar-refractivity contribution in [1.82, 2.24) is 5.32 Å². The van der Waals surface area contributed by atoms with E-state index in [4.69, 9.17) is 9.84 Å². The number of aliphatic hydroxyl groups is 2. The molecule has 0 spiro atoms. The maximum Gasteiger partial charge on any atom is 0.408 e. The summed E-state index contributed by atoms with van der Waals surface area (Å²) in [6.07, 6.45) is -0.362. The lowest BCUT2D eigenvalue weighted by Crippen LogP contribution is -2.53. The molecule has 1 amide bonds. The Balaban J connectivity index is 4.91. The largest absolute Gasteiger partial charge is 0.444 e. The maximum absolute atomic E-state index is 12.2. The molecular weight excluding hydrogens is 262 g/mol.